The molecule has 0 atom stereocenters. The number of hydrogen-bond donors (Lipinski definition) is 0. The van der Waals surface area contributed by atoms with Crippen molar-refractivity contribution in [2.45, 2.75) is 20.4 Å². The minimum absolute atomic E-state index is 0.943. The van der Waals surface area contributed by atoms with Crippen LogP contribution in [0.1, 0.15) is 12.6 Å². The van der Waals surface area contributed by atoms with E-state index >= 15 is 0 Å². The highest BCUT2D eigenvalue weighted by molar-refractivity contribution is 6.06. The van der Waals surface area contributed by atoms with Gasteiger partial charge in [0.2, 0.25) is 0 Å². The third kappa shape index (κ3) is 1.08. The second-order valence-corrected chi connectivity index (χ2v) is 3.92. The average Bonchev–Trinajstić information content (AvgIpc) is 2.65. The lowest BCUT2D eigenvalue weighted by Gasteiger charge is -2.03. The van der Waals surface area contributed by atoms with E-state index in [0.29, 0.717) is 0 Å². The first-order valence-corrected chi connectivity index (χ1v) is 5.51. The minimum atomic E-state index is 0.943. The molecule has 0 unspecified atom stereocenters. The molecule has 80 valence electrons. The van der Waals surface area contributed by atoms with Gasteiger partial charge in [0.05, 0.1) is 22.2 Å². The summed E-state index contributed by atoms with van der Waals surface area (Å²) in [4.78, 5) is 8.69. The molecule has 0 N–H and O–H groups in total. The third-order valence-electron chi connectivity index (χ3n) is 3.04. The molecule has 3 nitrogen and oxygen atoms in total. The highest BCUT2D eigenvalue weighted by atomic mass is 15.0. The fraction of sp³-hybridized carbons (Fsp3) is 0.231. The Hall–Kier alpha value is -1.90. The Bertz CT molecular complexity index is 667. The van der Waals surface area contributed by atoms with Crippen molar-refractivity contribution in [3.05, 3.63) is 36.3 Å². The van der Waals surface area contributed by atoms with E-state index in [-0.39, 0.29) is 0 Å². The molecule has 0 saturated carbocycles. The van der Waals surface area contributed by atoms with Gasteiger partial charge in [-0.25, -0.2) is 9.97 Å². The summed E-state index contributed by atoms with van der Waals surface area (Å²) in [6.45, 7) is 5.13. The number of aromatic nitrogens is 3. The van der Waals surface area contributed by atoms with Crippen LogP contribution in [0.2, 0.25) is 0 Å². The molecule has 0 aliphatic carbocycles. The van der Waals surface area contributed by atoms with Crippen LogP contribution in [0.3, 0.4) is 0 Å². The Balaban J connectivity index is 2.64. The maximum Gasteiger partial charge on any atom is 0.116 e. The van der Waals surface area contributed by atoms with Crippen LogP contribution in [0.5, 0.6) is 0 Å². The molecule has 0 saturated heterocycles. The van der Waals surface area contributed by atoms with Crippen molar-refractivity contribution in [2.75, 3.05) is 0 Å². The van der Waals surface area contributed by atoms with Gasteiger partial charge in [0.15, 0.2) is 0 Å². The zero-order chi connectivity index (χ0) is 11.1. The van der Waals surface area contributed by atoms with Gasteiger partial charge in [-0.05, 0) is 19.9 Å². The topological polar surface area (TPSA) is 30.7 Å². The van der Waals surface area contributed by atoms with Gasteiger partial charge >= 0.3 is 0 Å². The first-order chi connectivity index (χ1) is 7.83. The lowest BCUT2D eigenvalue weighted by Crippen LogP contribution is -1.96. The molecule has 3 aromatic rings. The van der Waals surface area contributed by atoms with E-state index in [1.54, 1.807) is 6.33 Å². The van der Waals surface area contributed by atoms with E-state index in [0.717, 1.165) is 23.3 Å². The summed E-state index contributed by atoms with van der Waals surface area (Å²) in [6, 6.07) is 8.38. The van der Waals surface area contributed by atoms with Crippen LogP contribution in [-0.4, -0.2) is 14.5 Å². The molecule has 16 heavy (non-hydrogen) atoms. The zero-order valence-corrected chi connectivity index (χ0v) is 9.44. The van der Waals surface area contributed by atoms with Gasteiger partial charge in [-0.2, -0.15) is 0 Å². The Morgan fingerprint density at radius 2 is 2.00 bits per heavy atom. The molecule has 0 aliphatic heterocycles. The summed E-state index contributed by atoms with van der Waals surface area (Å²) < 4.78 is 2.28. The van der Waals surface area contributed by atoms with Crippen LogP contribution < -0.4 is 0 Å². The molecule has 0 amide bonds. The summed E-state index contributed by atoms with van der Waals surface area (Å²) in [5, 5.41) is 1.21. The van der Waals surface area contributed by atoms with E-state index in [2.05, 4.69) is 45.7 Å². The number of para-hydroxylation sites is 1. The fourth-order valence-corrected chi connectivity index (χ4v) is 2.35. The molecule has 0 aliphatic rings. The van der Waals surface area contributed by atoms with Crippen LogP contribution in [-0.2, 0) is 6.54 Å². The van der Waals surface area contributed by atoms with Crippen LogP contribution in [0.4, 0.5) is 0 Å². The molecule has 3 heteroatoms. The number of rotatable bonds is 1. The van der Waals surface area contributed by atoms with Gasteiger partial charge in [-0.15, -0.1) is 0 Å². The quantitative estimate of drug-likeness (QED) is 0.619. The predicted octanol–water partition coefficient (Wildman–Crippen LogP) is 2.91. The second-order valence-electron chi connectivity index (χ2n) is 3.92. The summed E-state index contributed by atoms with van der Waals surface area (Å²) in [7, 11) is 0. The van der Waals surface area contributed by atoms with Crippen molar-refractivity contribution in [1.29, 1.82) is 0 Å². The van der Waals surface area contributed by atoms with E-state index in [1.807, 2.05) is 6.92 Å². The van der Waals surface area contributed by atoms with Gasteiger partial charge < -0.3 is 4.57 Å². The monoisotopic (exact) mass is 211 g/mol. The van der Waals surface area contributed by atoms with Crippen molar-refractivity contribution in [1.82, 2.24) is 14.5 Å². The van der Waals surface area contributed by atoms with Crippen LogP contribution in [0.15, 0.2) is 30.6 Å². The van der Waals surface area contributed by atoms with E-state index in [4.69, 9.17) is 0 Å². The normalized spacial score (nSPS) is 11.4. The van der Waals surface area contributed by atoms with Gasteiger partial charge in [0.1, 0.15) is 6.33 Å². The number of aryl methyl sites for hydroxylation is 2. The first kappa shape index (κ1) is 9.33. The Kier molecular flexibility index (Phi) is 1.93. The summed E-state index contributed by atoms with van der Waals surface area (Å²) in [5.74, 6) is 0. The van der Waals surface area contributed by atoms with Crippen LogP contribution in [0.25, 0.3) is 21.9 Å². The van der Waals surface area contributed by atoms with E-state index in [1.165, 1.54) is 10.9 Å². The fourth-order valence-electron chi connectivity index (χ4n) is 2.35. The lowest BCUT2D eigenvalue weighted by atomic mass is 10.2. The highest BCUT2D eigenvalue weighted by Gasteiger charge is 2.11. The lowest BCUT2D eigenvalue weighted by molar-refractivity contribution is 0.820. The molecule has 2 aromatic heterocycles. The number of hydrogen-bond acceptors (Lipinski definition) is 2. The van der Waals surface area contributed by atoms with Crippen molar-refractivity contribution in [2.24, 2.45) is 0 Å². The molecule has 0 fully saturated rings. The highest BCUT2D eigenvalue weighted by Crippen LogP contribution is 2.27. The standard InChI is InChI=1S/C13H13N3/c1-3-16-11-7-5-4-6-10(11)12-13(16)9(2)14-8-15-12/h4-8H,3H2,1-2H3. The summed E-state index contributed by atoms with van der Waals surface area (Å²) in [5.41, 5.74) is 4.50. The molecule has 3 rings (SSSR count). The summed E-state index contributed by atoms with van der Waals surface area (Å²) >= 11 is 0. The van der Waals surface area contributed by atoms with Crippen molar-refractivity contribution >= 4 is 21.9 Å². The zero-order valence-electron chi connectivity index (χ0n) is 9.44. The number of benzene rings is 1. The van der Waals surface area contributed by atoms with Crippen molar-refractivity contribution in [3.8, 4) is 0 Å². The average molecular weight is 211 g/mol. The SMILES string of the molecule is CCn1c2ccccc2c2ncnc(C)c21. The number of nitrogens with zero attached hydrogens (tertiary/aromatic N) is 3. The largest absolute Gasteiger partial charge is 0.338 e. The second kappa shape index (κ2) is 3.30. The minimum Gasteiger partial charge on any atom is -0.338 e. The van der Waals surface area contributed by atoms with Gasteiger partial charge in [-0.3, -0.25) is 0 Å². The Morgan fingerprint density at radius 1 is 1.19 bits per heavy atom. The molecule has 0 spiro atoms. The Morgan fingerprint density at radius 3 is 2.81 bits per heavy atom. The van der Waals surface area contributed by atoms with Crippen molar-refractivity contribution in [3.63, 3.8) is 0 Å². The molecule has 0 bridgehead atoms. The van der Waals surface area contributed by atoms with E-state index in [9.17, 15) is 0 Å². The molecular formula is C13H13N3. The van der Waals surface area contributed by atoms with Gasteiger partial charge in [0, 0.05) is 11.9 Å². The van der Waals surface area contributed by atoms with Gasteiger partial charge in [-0.1, -0.05) is 18.2 Å². The Labute approximate surface area is 93.7 Å². The van der Waals surface area contributed by atoms with Crippen LogP contribution in [0, 0.1) is 6.92 Å². The predicted molar refractivity (Wildman–Crippen MR) is 65.4 cm³/mol. The molecule has 2 heterocycles. The van der Waals surface area contributed by atoms with Crippen LogP contribution >= 0.6 is 0 Å². The van der Waals surface area contributed by atoms with E-state index < -0.39 is 0 Å². The first-order valence-electron chi connectivity index (χ1n) is 5.51. The maximum atomic E-state index is 4.41. The summed E-state index contributed by atoms with van der Waals surface area (Å²) in [6.07, 6.45) is 1.64. The third-order valence-corrected chi connectivity index (χ3v) is 3.04. The molecule has 0 radical (unpaired) electrons. The molecule has 1 aromatic carbocycles. The van der Waals surface area contributed by atoms with Gasteiger partial charge in [0.25, 0.3) is 0 Å². The molecular weight excluding hydrogens is 198 g/mol. The smallest absolute Gasteiger partial charge is 0.116 e. The van der Waals surface area contributed by atoms with Crippen molar-refractivity contribution < 1.29 is 0 Å². The maximum absolute atomic E-state index is 4.41. The number of fused-ring (bicyclic) bond motifs is 3.